The Morgan fingerprint density at radius 2 is 2.00 bits per heavy atom. The number of aromatic nitrogens is 1. The molecule has 0 aliphatic carbocycles. The topological polar surface area (TPSA) is 88.2 Å². The average molecular weight is 366 g/mol. The Balaban J connectivity index is 1.77. The summed E-state index contributed by atoms with van der Waals surface area (Å²) in [5.74, 6) is 0.252. The minimum absolute atomic E-state index is 0.00325. The Kier molecular flexibility index (Phi) is 5.40. The molecule has 2 aromatic carbocycles. The quantitative estimate of drug-likeness (QED) is 0.621. The normalized spacial score (nSPS) is 11.4. The van der Waals surface area contributed by atoms with E-state index in [0.29, 0.717) is 11.4 Å². The summed E-state index contributed by atoms with van der Waals surface area (Å²) in [6.45, 7) is 3.92. The summed E-state index contributed by atoms with van der Waals surface area (Å²) in [7, 11) is 1.58. The van der Waals surface area contributed by atoms with Gasteiger partial charge in [0, 0.05) is 23.2 Å². The van der Waals surface area contributed by atoms with Crippen molar-refractivity contribution < 1.29 is 14.6 Å². The highest BCUT2D eigenvalue weighted by molar-refractivity contribution is 5.95. The zero-order valence-corrected chi connectivity index (χ0v) is 15.5. The van der Waals surface area contributed by atoms with E-state index in [2.05, 4.69) is 15.5 Å². The van der Waals surface area contributed by atoms with E-state index in [0.717, 1.165) is 16.6 Å². The minimum atomic E-state index is -0.446. The number of methoxy groups -OCH3 is 1. The molecule has 1 amide bonds. The molecule has 0 bridgehead atoms. The van der Waals surface area contributed by atoms with Crippen LogP contribution >= 0.6 is 0 Å². The molecule has 0 radical (unpaired) electrons. The van der Waals surface area contributed by atoms with Gasteiger partial charge in [0.25, 0.3) is 5.91 Å². The number of amides is 1. The molecule has 1 aromatic heterocycles. The number of anilines is 1. The maximum absolute atomic E-state index is 12.1. The van der Waals surface area contributed by atoms with Gasteiger partial charge in [-0.15, -0.1) is 10.2 Å². The molecule has 0 aliphatic heterocycles. The van der Waals surface area contributed by atoms with E-state index in [1.807, 2.05) is 56.3 Å². The number of ether oxygens (including phenoxy) is 1. The average Bonchev–Trinajstić information content (AvgIpc) is 2.96. The van der Waals surface area contributed by atoms with Gasteiger partial charge in [-0.2, -0.15) is 0 Å². The molecule has 0 unspecified atom stereocenters. The summed E-state index contributed by atoms with van der Waals surface area (Å²) in [5.41, 5.74) is 1.90. The molecule has 7 heteroatoms. The number of nitrogens with zero attached hydrogens (tertiary/aromatic N) is 3. The molecule has 27 heavy (non-hydrogen) atoms. The van der Waals surface area contributed by atoms with Gasteiger partial charge in [0.2, 0.25) is 5.88 Å². The van der Waals surface area contributed by atoms with Crippen LogP contribution in [0.15, 0.2) is 58.8 Å². The molecule has 0 aliphatic rings. The first kappa shape index (κ1) is 18.4. The lowest BCUT2D eigenvalue weighted by molar-refractivity contribution is -0.116. The molecule has 0 fully saturated rings. The Labute approximate surface area is 157 Å². The largest absolute Gasteiger partial charge is 0.497 e. The van der Waals surface area contributed by atoms with Gasteiger partial charge in [0.1, 0.15) is 5.75 Å². The van der Waals surface area contributed by atoms with Crippen molar-refractivity contribution in [2.45, 2.75) is 19.9 Å². The zero-order valence-electron chi connectivity index (χ0n) is 15.5. The van der Waals surface area contributed by atoms with Crippen LogP contribution in [0.5, 0.6) is 11.6 Å². The molecule has 0 saturated carbocycles. The van der Waals surface area contributed by atoms with E-state index < -0.39 is 5.91 Å². The number of nitrogens with one attached hydrogen (secondary N) is 1. The molecule has 3 rings (SSSR count). The highest BCUT2D eigenvalue weighted by atomic mass is 16.5. The Bertz CT molecular complexity index is 992. The van der Waals surface area contributed by atoms with E-state index in [-0.39, 0.29) is 18.5 Å². The number of benzene rings is 2. The maximum Gasteiger partial charge on any atom is 0.283 e. The number of aromatic hydroxyl groups is 1. The van der Waals surface area contributed by atoms with E-state index in [1.165, 1.54) is 0 Å². The predicted molar refractivity (Wildman–Crippen MR) is 105 cm³/mol. The van der Waals surface area contributed by atoms with Crippen LogP contribution in [0, 0.1) is 0 Å². The third-order valence-corrected chi connectivity index (χ3v) is 4.15. The molecule has 0 spiro atoms. The van der Waals surface area contributed by atoms with Crippen LogP contribution in [0.2, 0.25) is 0 Å². The maximum atomic E-state index is 12.1. The molecule has 2 N–H and O–H groups in total. The third-order valence-electron chi connectivity index (χ3n) is 4.15. The number of carbonyl (C=O) groups is 1. The van der Waals surface area contributed by atoms with Crippen molar-refractivity contribution in [2.24, 2.45) is 10.2 Å². The van der Waals surface area contributed by atoms with Crippen molar-refractivity contribution in [1.82, 2.24) is 4.57 Å². The van der Waals surface area contributed by atoms with Gasteiger partial charge < -0.3 is 19.7 Å². The molecule has 0 atom stereocenters. The first-order valence-electron chi connectivity index (χ1n) is 8.65. The van der Waals surface area contributed by atoms with Crippen LogP contribution in [0.25, 0.3) is 10.9 Å². The molecule has 1 heterocycles. The van der Waals surface area contributed by atoms with E-state index in [4.69, 9.17) is 4.74 Å². The fourth-order valence-electron chi connectivity index (χ4n) is 2.91. The van der Waals surface area contributed by atoms with Crippen molar-refractivity contribution in [3.63, 3.8) is 0 Å². The lowest BCUT2D eigenvalue weighted by Gasteiger charge is -2.10. The van der Waals surface area contributed by atoms with E-state index in [9.17, 15) is 9.90 Å². The molecular weight excluding hydrogens is 344 g/mol. The number of fused-ring (bicyclic) bond motifs is 1. The van der Waals surface area contributed by atoms with Crippen molar-refractivity contribution in [3.8, 4) is 11.6 Å². The summed E-state index contributed by atoms with van der Waals surface area (Å²) >= 11 is 0. The molecule has 140 valence electrons. The van der Waals surface area contributed by atoms with Crippen LogP contribution in [-0.2, 0) is 4.79 Å². The summed E-state index contributed by atoms with van der Waals surface area (Å²) < 4.78 is 6.91. The summed E-state index contributed by atoms with van der Waals surface area (Å²) in [5, 5.41) is 22.0. The van der Waals surface area contributed by atoms with Crippen LogP contribution in [0.1, 0.15) is 19.9 Å². The molecule has 0 saturated heterocycles. The summed E-state index contributed by atoms with van der Waals surface area (Å²) in [4.78, 5) is 12.1. The van der Waals surface area contributed by atoms with Crippen molar-refractivity contribution >= 4 is 28.2 Å². The minimum Gasteiger partial charge on any atom is -0.497 e. The third kappa shape index (κ3) is 3.92. The highest BCUT2D eigenvalue weighted by Crippen LogP contribution is 2.40. The van der Waals surface area contributed by atoms with Gasteiger partial charge in [-0.05, 0) is 32.0 Å². The lowest BCUT2D eigenvalue weighted by atomic mass is 10.2. The number of rotatable bonds is 6. The summed E-state index contributed by atoms with van der Waals surface area (Å²) in [6, 6.07) is 14.8. The molecular formula is C20H22N4O3. The zero-order chi connectivity index (χ0) is 19.4. The van der Waals surface area contributed by atoms with Gasteiger partial charge in [-0.1, -0.05) is 24.3 Å². The fraction of sp³-hybridized carbons (Fsp3) is 0.250. The number of azo groups is 1. The second-order valence-electron chi connectivity index (χ2n) is 6.33. The van der Waals surface area contributed by atoms with Crippen LogP contribution in [0.4, 0.5) is 11.4 Å². The smallest absolute Gasteiger partial charge is 0.283 e. The standard InChI is InChI=1S/C20H22N4O3/c1-13(2)24-17-10-5-4-9-16(17)19(20(24)26)23-22-18(25)12-21-14-7-6-8-15(11-14)27-3/h4-11,13,21,26H,12H2,1-3H3. The Morgan fingerprint density at radius 1 is 1.22 bits per heavy atom. The second kappa shape index (κ2) is 7.90. The lowest BCUT2D eigenvalue weighted by Crippen LogP contribution is -2.10. The van der Waals surface area contributed by atoms with Crippen LogP contribution in [0.3, 0.4) is 0 Å². The predicted octanol–water partition coefficient (Wildman–Crippen LogP) is 4.66. The van der Waals surface area contributed by atoms with E-state index in [1.54, 1.807) is 17.7 Å². The van der Waals surface area contributed by atoms with Gasteiger partial charge in [-0.3, -0.25) is 4.79 Å². The first-order valence-corrected chi connectivity index (χ1v) is 8.65. The van der Waals surface area contributed by atoms with Gasteiger partial charge in [0.05, 0.1) is 19.2 Å². The molecule has 3 aromatic rings. The van der Waals surface area contributed by atoms with Crippen molar-refractivity contribution in [1.29, 1.82) is 0 Å². The summed E-state index contributed by atoms with van der Waals surface area (Å²) in [6.07, 6.45) is 0. The SMILES string of the molecule is COc1cccc(NCC(=O)N=Nc2c(O)n(C(C)C)c3ccccc23)c1. The monoisotopic (exact) mass is 366 g/mol. The van der Waals surface area contributed by atoms with Crippen LogP contribution < -0.4 is 10.1 Å². The molecule has 7 nitrogen and oxygen atoms in total. The van der Waals surface area contributed by atoms with Gasteiger partial charge in [-0.25, -0.2) is 0 Å². The number of hydrogen-bond acceptors (Lipinski definition) is 5. The first-order chi connectivity index (χ1) is 13.0. The Morgan fingerprint density at radius 3 is 2.74 bits per heavy atom. The van der Waals surface area contributed by atoms with Gasteiger partial charge in [0.15, 0.2) is 5.69 Å². The van der Waals surface area contributed by atoms with Crippen LogP contribution in [-0.4, -0.2) is 29.2 Å². The number of hydrogen-bond donors (Lipinski definition) is 2. The van der Waals surface area contributed by atoms with Crippen molar-refractivity contribution in [2.75, 3.05) is 19.0 Å². The van der Waals surface area contributed by atoms with Gasteiger partial charge >= 0.3 is 0 Å². The second-order valence-corrected chi connectivity index (χ2v) is 6.33. The number of carbonyl (C=O) groups excluding carboxylic acids is 1. The Hall–Kier alpha value is -3.35. The van der Waals surface area contributed by atoms with E-state index >= 15 is 0 Å². The fourth-order valence-corrected chi connectivity index (χ4v) is 2.91. The van der Waals surface area contributed by atoms with Crippen molar-refractivity contribution in [3.05, 3.63) is 48.5 Å². The highest BCUT2D eigenvalue weighted by Gasteiger charge is 2.18. The number of para-hydroxylation sites is 1.